The van der Waals surface area contributed by atoms with Crippen molar-refractivity contribution in [2.75, 3.05) is 33.4 Å². The molecule has 1 aromatic rings. The van der Waals surface area contributed by atoms with E-state index in [1.165, 1.54) is 7.05 Å². The fraction of sp³-hybridized carbons (Fsp3) is 0.435. The highest BCUT2D eigenvalue weighted by molar-refractivity contribution is 8.16. The standard InChI is InChI=1S/C23H26N2O6S/c1-25-19(26)23(32-21(25)28,31-16-18-14-24-12-13-29-18)22(10-6-3-7-11-22)20(27)30-15-17-8-4-2-5-9-17/h2-10,18,24H,11-16H2,1H3/t18-,22?,23?/m1/s1. The van der Waals surface area contributed by atoms with Crippen molar-refractivity contribution in [3.05, 3.63) is 60.2 Å². The Bertz CT molecular complexity index is 930. The van der Waals surface area contributed by atoms with Gasteiger partial charge in [0.25, 0.3) is 11.1 Å². The zero-order valence-electron chi connectivity index (χ0n) is 17.8. The summed E-state index contributed by atoms with van der Waals surface area (Å²) >= 11 is 0.726. The third-order valence-corrected chi connectivity index (χ3v) is 7.19. The van der Waals surface area contributed by atoms with E-state index in [9.17, 15) is 14.4 Å². The number of esters is 1. The molecule has 2 saturated heterocycles. The number of rotatable bonds is 7. The first-order chi connectivity index (χ1) is 15.5. The van der Waals surface area contributed by atoms with Gasteiger partial charge in [0, 0.05) is 20.1 Å². The quantitative estimate of drug-likeness (QED) is 0.622. The number of morpholine rings is 1. The summed E-state index contributed by atoms with van der Waals surface area (Å²) in [6.07, 6.45) is 6.76. The van der Waals surface area contributed by atoms with Crippen LogP contribution >= 0.6 is 11.8 Å². The lowest BCUT2D eigenvalue weighted by Gasteiger charge is -2.42. The second-order valence-electron chi connectivity index (χ2n) is 7.88. The van der Waals surface area contributed by atoms with Crippen LogP contribution in [-0.4, -0.2) is 66.4 Å². The lowest BCUT2D eigenvalue weighted by atomic mass is 9.75. The second-order valence-corrected chi connectivity index (χ2v) is 9.01. The number of carbonyl (C=O) groups is 3. The van der Waals surface area contributed by atoms with Crippen molar-refractivity contribution in [2.45, 2.75) is 24.1 Å². The van der Waals surface area contributed by atoms with Crippen LogP contribution < -0.4 is 5.32 Å². The van der Waals surface area contributed by atoms with Crippen LogP contribution in [0.1, 0.15) is 12.0 Å². The third kappa shape index (κ3) is 4.13. The van der Waals surface area contributed by atoms with Gasteiger partial charge in [0.05, 0.1) is 19.3 Å². The highest BCUT2D eigenvalue weighted by Crippen LogP contribution is 2.54. The molecule has 0 spiro atoms. The van der Waals surface area contributed by atoms with Gasteiger partial charge in [-0.3, -0.25) is 19.3 Å². The molecule has 3 aliphatic rings. The molecule has 0 aromatic heterocycles. The first kappa shape index (κ1) is 22.7. The van der Waals surface area contributed by atoms with E-state index < -0.39 is 27.5 Å². The number of likely N-dealkylation sites (N-methyl/N-ethyl adjacent to an activating group) is 1. The fourth-order valence-electron chi connectivity index (χ4n) is 3.98. The number of hydrogen-bond donors (Lipinski definition) is 1. The summed E-state index contributed by atoms with van der Waals surface area (Å²) in [5, 5.41) is 2.73. The van der Waals surface area contributed by atoms with Crippen LogP contribution in [0.25, 0.3) is 0 Å². The molecule has 2 amide bonds. The molecule has 2 unspecified atom stereocenters. The van der Waals surface area contributed by atoms with E-state index in [0.717, 1.165) is 28.8 Å². The number of imide groups is 1. The largest absolute Gasteiger partial charge is 0.460 e. The Morgan fingerprint density at radius 1 is 1.28 bits per heavy atom. The van der Waals surface area contributed by atoms with Crippen LogP contribution in [0, 0.1) is 5.41 Å². The smallest absolute Gasteiger partial charge is 0.321 e. The second kappa shape index (κ2) is 9.58. The van der Waals surface area contributed by atoms with Gasteiger partial charge in [-0.15, -0.1) is 0 Å². The average Bonchev–Trinajstić information content (AvgIpc) is 3.07. The lowest BCUT2D eigenvalue weighted by Crippen LogP contribution is -2.58. The van der Waals surface area contributed by atoms with Gasteiger partial charge in [-0.1, -0.05) is 54.6 Å². The van der Waals surface area contributed by atoms with Crippen molar-refractivity contribution in [3.8, 4) is 0 Å². The van der Waals surface area contributed by atoms with Crippen LogP contribution in [0.4, 0.5) is 4.79 Å². The zero-order valence-corrected chi connectivity index (χ0v) is 18.6. The summed E-state index contributed by atoms with van der Waals surface area (Å²) in [4.78, 5) is 38.8. The summed E-state index contributed by atoms with van der Waals surface area (Å²) in [6, 6.07) is 9.29. The molecule has 170 valence electrons. The maximum atomic E-state index is 13.6. The predicted octanol–water partition coefficient (Wildman–Crippen LogP) is 2.26. The van der Waals surface area contributed by atoms with E-state index >= 15 is 0 Å². The topological polar surface area (TPSA) is 94.2 Å². The minimum absolute atomic E-state index is 0.0490. The van der Waals surface area contributed by atoms with Gasteiger partial charge < -0.3 is 19.5 Å². The van der Waals surface area contributed by atoms with Gasteiger partial charge in [-0.2, -0.15) is 0 Å². The third-order valence-electron chi connectivity index (χ3n) is 5.80. The normalized spacial score (nSPS) is 30.0. The molecule has 0 radical (unpaired) electrons. The Morgan fingerprint density at radius 2 is 2.09 bits per heavy atom. The average molecular weight is 459 g/mol. The Hall–Kier alpha value is -2.46. The molecule has 32 heavy (non-hydrogen) atoms. The highest BCUT2D eigenvalue weighted by Gasteiger charge is 2.68. The number of nitrogens with one attached hydrogen (secondary N) is 1. The van der Waals surface area contributed by atoms with Crippen LogP contribution in [-0.2, 0) is 30.4 Å². The monoisotopic (exact) mass is 458 g/mol. The molecule has 0 saturated carbocycles. The van der Waals surface area contributed by atoms with Gasteiger partial charge in [0.2, 0.25) is 4.93 Å². The molecule has 8 nitrogen and oxygen atoms in total. The number of thioether (sulfide) groups is 1. The Balaban J connectivity index is 1.65. The van der Waals surface area contributed by atoms with E-state index in [4.69, 9.17) is 14.2 Å². The number of benzene rings is 1. The van der Waals surface area contributed by atoms with Gasteiger partial charge in [-0.05, 0) is 23.7 Å². The molecular weight excluding hydrogens is 432 g/mol. The summed E-state index contributed by atoms with van der Waals surface area (Å²) in [5.41, 5.74) is -0.678. The van der Waals surface area contributed by atoms with Crippen LogP contribution in [0.15, 0.2) is 54.6 Å². The fourth-order valence-corrected chi connectivity index (χ4v) is 5.21. The van der Waals surface area contributed by atoms with Crippen LogP contribution in [0.5, 0.6) is 0 Å². The maximum absolute atomic E-state index is 13.6. The zero-order chi connectivity index (χ0) is 22.6. The Kier molecular flexibility index (Phi) is 6.80. The van der Waals surface area contributed by atoms with Crippen LogP contribution in [0.3, 0.4) is 0 Å². The van der Waals surface area contributed by atoms with Crippen LogP contribution in [0.2, 0.25) is 0 Å². The molecule has 3 atom stereocenters. The van der Waals surface area contributed by atoms with Crippen molar-refractivity contribution in [3.63, 3.8) is 0 Å². The van der Waals surface area contributed by atoms with E-state index in [1.807, 2.05) is 30.3 Å². The van der Waals surface area contributed by atoms with Gasteiger partial charge >= 0.3 is 5.97 Å². The molecule has 2 fully saturated rings. The van der Waals surface area contributed by atoms with Crippen molar-refractivity contribution in [2.24, 2.45) is 5.41 Å². The number of amides is 2. The van der Waals surface area contributed by atoms with Crippen molar-refractivity contribution < 1.29 is 28.6 Å². The number of hydrogen-bond acceptors (Lipinski definition) is 8. The molecule has 4 rings (SSSR count). The highest BCUT2D eigenvalue weighted by atomic mass is 32.2. The number of ether oxygens (including phenoxy) is 3. The van der Waals surface area contributed by atoms with E-state index in [-0.39, 0.29) is 25.7 Å². The van der Waals surface area contributed by atoms with Gasteiger partial charge in [0.1, 0.15) is 12.0 Å². The summed E-state index contributed by atoms with van der Waals surface area (Å²) in [5.74, 6) is -1.19. The first-order valence-electron chi connectivity index (χ1n) is 10.5. The first-order valence-corrected chi connectivity index (χ1v) is 11.3. The molecule has 0 bridgehead atoms. The molecule has 9 heteroatoms. The van der Waals surface area contributed by atoms with Gasteiger partial charge in [0.15, 0.2) is 0 Å². The number of allylic oxidation sites excluding steroid dienone is 3. The maximum Gasteiger partial charge on any atom is 0.321 e. The molecule has 1 aromatic carbocycles. The van der Waals surface area contributed by atoms with Gasteiger partial charge in [-0.25, -0.2) is 0 Å². The lowest BCUT2D eigenvalue weighted by molar-refractivity contribution is -0.177. The molecule has 1 N–H and O–H groups in total. The SMILES string of the molecule is CN1C(=O)SC(OC[C@H]2CNCCO2)(C2(C(=O)OCc3ccccc3)C=CC=CC2)C1=O. The molecule has 2 aliphatic heterocycles. The molecule has 2 heterocycles. The predicted molar refractivity (Wildman–Crippen MR) is 119 cm³/mol. The summed E-state index contributed by atoms with van der Waals surface area (Å²) in [7, 11) is 1.40. The number of nitrogens with zero attached hydrogens (tertiary/aromatic N) is 1. The molecular formula is C23H26N2O6S. The van der Waals surface area contributed by atoms with E-state index in [1.54, 1.807) is 24.3 Å². The van der Waals surface area contributed by atoms with E-state index in [2.05, 4.69) is 5.32 Å². The molecule has 1 aliphatic carbocycles. The van der Waals surface area contributed by atoms with Crippen molar-refractivity contribution in [1.82, 2.24) is 10.2 Å². The van der Waals surface area contributed by atoms with Crippen molar-refractivity contribution >= 4 is 28.9 Å². The minimum Gasteiger partial charge on any atom is -0.460 e. The summed E-state index contributed by atoms with van der Waals surface area (Å²) in [6.45, 7) is 1.92. The number of carbonyl (C=O) groups excluding carboxylic acids is 3. The van der Waals surface area contributed by atoms with Crippen molar-refractivity contribution in [1.29, 1.82) is 0 Å². The minimum atomic E-state index is -1.78. The Morgan fingerprint density at radius 3 is 2.72 bits per heavy atom. The Labute approximate surface area is 190 Å². The van der Waals surface area contributed by atoms with E-state index in [0.29, 0.717) is 13.2 Å². The summed E-state index contributed by atoms with van der Waals surface area (Å²) < 4.78 is 17.6.